The Hall–Kier alpha value is -2.89. The summed E-state index contributed by atoms with van der Waals surface area (Å²) in [5, 5.41) is 5.44. The molecule has 1 aromatic carbocycles. The minimum Gasteiger partial charge on any atom is -0.484 e. The van der Waals surface area contributed by atoms with E-state index in [1.165, 1.54) is 0 Å². The highest BCUT2D eigenvalue weighted by molar-refractivity contribution is 5.79. The Labute approximate surface area is 141 Å². The quantitative estimate of drug-likeness (QED) is 0.771. The monoisotopic (exact) mass is 327 g/mol. The number of amides is 2. The number of ether oxygens (including phenoxy) is 1. The van der Waals surface area contributed by atoms with Gasteiger partial charge in [0.05, 0.1) is 0 Å². The SMILES string of the molecule is Cc1ccccc1OCC(=O)NCCC(=O)NCc1cccnc1. The average molecular weight is 327 g/mol. The van der Waals surface area contributed by atoms with Crippen molar-refractivity contribution in [1.82, 2.24) is 15.6 Å². The minimum atomic E-state index is -0.252. The fraction of sp³-hybridized carbons (Fsp3) is 0.278. The fourth-order valence-electron chi connectivity index (χ4n) is 2.02. The lowest BCUT2D eigenvalue weighted by Crippen LogP contribution is -2.33. The predicted molar refractivity (Wildman–Crippen MR) is 90.4 cm³/mol. The molecule has 0 saturated heterocycles. The lowest BCUT2D eigenvalue weighted by Gasteiger charge is -2.09. The zero-order valence-electron chi connectivity index (χ0n) is 13.6. The molecule has 1 aromatic heterocycles. The first-order valence-electron chi connectivity index (χ1n) is 7.76. The van der Waals surface area contributed by atoms with E-state index in [-0.39, 0.29) is 31.4 Å². The molecule has 24 heavy (non-hydrogen) atoms. The molecule has 1 heterocycles. The first kappa shape index (κ1) is 17.5. The van der Waals surface area contributed by atoms with Gasteiger partial charge >= 0.3 is 0 Å². The van der Waals surface area contributed by atoms with Gasteiger partial charge in [0.15, 0.2) is 6.61 Å². The summed E-state index contributed by atoms with van der Waals surface area (Å²) in [5.74, 6) is 0.305. The molecule has 0 fully saturated rings. The van der Waals surface area contributed by atoms with E-state index in [1.54, 1.807) is 12.4 Å². The highest BCUT2D eigenvalue weighted by atomic mass is 16.5. The number of hydrogen-bond acceptors (Lipinski definition) is 4. The molecular weight excluding hydrogens is 306 g/mol. The summed E-state index contributed by atoms with van der Waals surface area (Å²) >= 11 is 0. The van der Waals surface area contributed by atoms with Crippen LogP contribution in [0.2, 0.25) is 0 Å². The van der Waals surface area contributed by atoms with Crippen molar-refractivity contribution in [2.45, 2.75) is 19.9 Å². The van der Waals surface area contributed by atoms with Gasteiger partial charge in [0.1, 0.15) is 5.75 Å². The standard InChI is InChI=1S/C18H21N3O3/c1-14-5-2-3-7-16(14)24-13-18(23)20-10-8-17(22)21-12-15-6-4-9-19-11-15/h2-7,9,11H,8,10,12-13H2,1H3,(H,20,23)(H,21,22). The average Bonchev–Trinajstić information content (AvgIpc) is 2.60. The Morgan fingerprint density at radius 2 is 1.92 bits per heavy atom. The number of nitrogens with zero attached hydrogens (tertiary/aromatic N) is 1. The van der Waals surface area contributed by atoms with Crippen molar-refractivity contribution in [3.05, 3.63) is 59.9 Å². The molecule has 6 heteroatoms. The maximum Gasteiger partial charge on any atom is 0.257 e. The van der Waals surface area contributed by atoms with Crippen LogP contribution in [0.4, 0.5) is 0 Å². The number of para-hydroxylation sites is 1. The van der Waals surface area contributed by atoms with Gasteiger partial charge in [-0.2, -0.15) is 0 Å². The summed E-state index contributed by atoms with van der Waals surface area (Å²) in [4.78, 5) is 27.4. The van der Waals surface area contributed by atoms with Crippen LogP contribution in [0, 0.1) is 6.92 Å². The van der Waals surface area contributed by atoms with E-state index in [0.29, 0.717) is 12.3 Å². The lowest BCUT2D eigenvalue weighted by atomic mass is 10.2. The number of pyridine rings is 1. The van der Waals surface area contributed by atoms with Gasteiger partial charge in [-0.15, -0.1) is 0 Å². The van der Waals surface area contributed by atoms with Crippen molar-refractivity contribution >= 4 is 11.8 Å². The third-order valence-electron chi connectivity index (χ3n) is 3.34. The highest BCUT2D eigenvalue weighted by Crippen LogP contribution is 2.15. The van der Waals surface area contributed by atoms with Crippen LogP contribution in [0.5, 0.6) is 5.75 Å². The highest BCUT2D eigenvalue weighted by Gasteiger charge is 2.06. The maximum absolute atomic E-state index is 11.7. The van der Waals surface area contributed by atoms with E-state index in [2.05, 4.69) is 15.6 Å². The van der Waals surface area contributed by atoms with Gasteiger partial charge in [-0.05, 0) is 30.2 Å². The topological polar surface area (TPSA) is 80.3 Å². The molecule has 0 aliphatic carbocycles. The Kier molecular flexibility index (Phi) is 6.76. The maximum atomic E-state index is 11.7. The summed E-state index contributed by atoms with van der Waals surface area (Å²) < 4.78 is 5.44. The minimum absolute atomic E-state index is 0.0673. The lowest BCUT2D eigenvalue weighted by molar-refractivity contribution is -0.123. The zero-order chi connectivity index (χ0) is 17.2. The summed E-state index contributed by atoms with van der Waals surface area (Å²) in [5.41, 5.74) is 1.90. The molecule has 0 aliphatic heterocycles. The molecule has 2 aromatic rings. The van der Waals surface area contributed by atoms with Crippen LogP contribution in [0.1, 0.15) is 17.5 Å². The molecule has 6 nitrogen and oxygen atoms in total. The van der Waals surface area contributed by atoms with E-state index in [0.717, 1.165) is 11.1 Å². The molecule has 0 radical (unpaired) electrons. The molecule has 0 bridgehead atoms. The van der Waals surface area contributed by atoms with Crippen molar-refractivity contribution in [3.63, 3.8) is 0 Å². The summed E-state index contributed by atoms with van der Waals surface area (Å²) in [6.45, 7) is 2.55. The van der Waals surface area contributed by atoms with Gasteiger partial charge in [-0.25, -0.2) is 0 Å². The number of carbonyl (C=O) groups excluding carboxylic acids is 2. The number of hydrogen-bond donors (Lipinski definition) is 2. The Balaban J connectivity index is 1.60. The van der Waals surface area contributed by atoms with E-state index in [1.807, 2.05) is 43.3 Å². The van der Waals surface area contributed by atoms with Crippen molar-refractivity contribution in [3.8, 4) is 5.75 Å². The van der Waals surface area contributed by atoms with E-state index in [9.17, 15) is 9.59 Å². The zero-order valence-corrected chi connectivity index (χ0v) is 13.6. The number of aryl methyl sites for hydroxylation is 1. The number of rotatable bonds is 8. The smallest absolute Gasteiger partial charge is 0.257 e. The van der Waals surface area contributed by atoms with Crippen molar-refractivity contribution < 1.29 is 14.3 Å². The van der Waals surface area contributed by atoms with E-state index >= 15 is 0 Å². The first-order chi connectivity index (χ1) is 11.6. The van der Waals surface area contributed by atoms with Crippen LogP contribution in [0.3, 0.4) is 0 Å². The van der Waals surface area contributed by atoms with Crippen LogP contribution in [-0.4, -0.2) is 29.9 Å². The van der Waals surface area contributed by atoms with E-state index in [4.69, 9.17) is 4.74 Å². The van der Waals surface area contributed by atoms with Crippen LogP contribution < -0.4 is 15.4 Å². The number of nitrogens with one attached hydrogen (secondary N) is 2. The third kappa shape index (κ3) is 6.08. The second-order valence-corrected chi connectivity index (χ2v) is 5.29. The molecule has 0 saturated carbocycles. The number of benzene rings is 1. The van der Waals surface area contributed by atoms with Gasteiger partial charge in [0.2, 0.25) is 5.91 Å². The molecule has 126 valence electrons. The molecule has 0 aliphatic rings. The molecule has 0 atom stereocenters. The second-order valence-electron chi connectivity index (χ2n) is 5.29. The molecule has 0 unspecified atom stereocenters. The number of aromatic nitrogens is 1. The van der Waals surface area contributed by atoms with Gasteiger partial charge < -0.3 is 15.4 Å². The largest absolute Gasteiger partial charge is 0.484 e. The molecule has 2 N–H and O–H groups in total. The van der Waals surface area contributed by atoms with Crippen molar-refractivity contribution in [2.24, 2.45) is 0 Å². The van der Waals surface area contributed by atoms with Gasteiger partial charge in [-0.1, -0.05) is 24.3 Å². The third-order valence-corrected chi connectivity index (χ3v) is 3.34. The van der Waals surface area contributed by atoms with Crippen molar-refractivity contribution in [1.29, 1.82) is 0 Å². The van der Waals surface area contributed by atoms with E-state index < -0.39 is 0 Å². The van der Waals surface area contributed by atoms with Gasteiger partial charge in [-0.3, -0.25) is 14.6 Å². The van der Waals surface area contributed by atoms with Crippen LogP contribution in [0.25, 0.3) is 0 Å². The molecule has 2 amide bonds. The Morgan fingerprint density at radius 3 is 2.67 bits per heavy atom. The second kappa shape index (κ2) is 9.29. The van der Waals surface area contributed by atoms with Gasteiger partial charge in [0.25, 0.3) is 5.91 Å². The fourth-order valence-corrected chi connectivity index (χ4v) is 2.02. The molecular formula is C18H21N3O3. The van der Waals surface area contributed by atoms with Crippen LogP contribution >= 0.6 is 0 Å². The summed E-state index contributed by atoms with van der Waals surface area (Å²) in [6.07, 6.45) is 3.60. The van der Waals surface area contributed by atoms with Crippen LogP contribution in [0.15, 0.2) is 48.8 Å². The predicted octanol–water partition coefficient (Wildman–Crippen LogP) is 1.59. The first-order valence-corrected chi connectivity index (χ1v) is 7.76. The summed E-state index contributed by atoms with van der Waals surface area (Å²) in [6, 6.07) is 11.2. The molecule has 0 spiro atoms. The Morgan fingerprint density at radius 1 is 1.08 bits per heavy atom. The van der Waals surface area contributed by atoms with Crippen LogP contribution in [-0.2, 0) is 16.1 Å². The molecule has 2 rings (SSSR count). The normalized spacial score (nSPS) is 10.0. The number of carbonyl (C=O) groups is 2. The Bertz CT molecular complexity index is 674. The van der Waals surface area contributed by atoms with Crippen molar-refractivity contribution in [2.75, 3.05) is 13.2 Å². The van der Waals surface area contributed by atoms with Gasteiger partial charge in [0, 0.05) is 31.9 Å². The summed E-state index contributed by atoms with van der Waals surface area (Å²) in [7, 11) is 0.